The van der Waals surface area contributed by atoms with Gasteiger partial charge in [0.2, 0.25) is 11.8 Å². The molecule has 1 atom stereocenters. The van der Waals surface area contributed by atoms with E-state index in [1.54, 1.807) is 31.2 Å². The second-order valence-corrected chi connectivity index (χ2v) is 7.79. The Kier molecular flexibility index (Phi) is 8.49. The number of alkyl halides is 3. The van der Waals surface area contributed by atoms with Crippen LogP contribution in [0.1, 0.15) is 31.7 Å². The number of hydrogen-bond acceptors (Lipinski definition) is 4. The number of para-hydroxylation sites is 1. The molecule has 2 aromatic carbocycles. The zero-order valence-electron chi connectivity index (χ0n) is 16.5. The summed E-state index contributed by atoms with van der Waals surface area (Å²) in [7, 11) is 0. The Hall–Kier alpha value is -3.01. The van der Waals surface area contributed by atoms with Gasteiger partial charge in [0.25, 0.3) is 0 Å². The number of anilines is 2. The van der Waals surface area contributed by atoms with Crippen LogP contribution in [-0.2, 0) is 20.6 Å². The number of nitrogens with one attached hydrogen (secondary N) is 2. The van der Waals surface area contributed by atoms with Crippen molar-refractivity contribution in [3.05, 3.63) is 54.1 Å². The summed E-state index contributed by atoms with van der Waals surface area (Å²) in [6, 6.07) is 11.4. The predicted molar refractivity (Wildman–Crippen MR) is 112 cm³/mol. The van der Waals surface area contributed by atoms with E-state index in [0.717, 1.165) is 17.8 Å². The lowest BCUT2D eigenvalue weighted by Crippen LogP contribution is -2.26. The average molecular weight is 454 g/mol. The summed E-state index contributed by atoms with van der Waals surface area (Å²) in [5.74, 6) is -2.11. The fourth-order valence-corrected chi connectivity index (χ4v) is 3.64. The molecule has 0 heterocycles. The van der Waals surface area contributed by atoms with Gasteiger partial charge in [-0.15, -0.1) is 11.8 Å². The molecule has 0 aromatic heterocycles. The maximum Gasteiger partial charge on any atom is 0.418 e. The summed E-state index contributed by atoms with van der Waals surface area (Å²) in [6.07, 6.45) is -4.70. The summed E-state index contributed by atoms with van der Waals surface area (Å²) in [5.41, 5.74) is -0.800. The van der Waals surface area contributed by atoms with Crippen LogP contribution in [0.5, 0.6) is 0 Å². The molecule has 0 saturated heterocycles. The molecule has 2 rings (SSSR count). The lowest BCUT2D eigenvalue weighted by molar-refractivity contribution is -0.138. The number of rotatable bonds is 9. The Morgan fingerprint density at radius 3 is 2.39 bits per heavy atom. The quantitative estimate of drug-likeness (QED) is 0.463. The van der Waals surface area contributed by atoms with E-state index in [4.69, 9.17) is 5.11 Å². The van der Waals surface area contributed by atoms with Gasteiger partial charge in [0.1, 0.15) is 0 Å². The lowest BCUT2D eigenvalue weighted by Gasteiger charge is -2.18. The Labute approximate surface area is 181 Å². The van der Waals surface area contributed by atoms with Crippen LogP contribution in [0, 0.1) is 0 Å². The van der Waals surface area contributed by atoms with E-state index in [-0.39, 0.29) is 18.5 Å². The van der Waals surface area contributed by atoms with Crippen LogP contribution in [-0.4, -0.2) is 28.1 Å². The molecule has 2 aromatic rings. The molecule has 0 saturated carbocycles. The monoisotopic (exact) mass is 454 g/mol. The minimum atomic E-state index is -4.59. The average Bonchev–Trinajstić information content (AvgIpc) is 2.70. The number of halogens is 3. The fourth-order valence-electron chi connectivity index (χ4n) is 2.63. The van der Waals surface area contributed by atoms with E-state index >= 15 is 0 Å². The zero-order chi connectivity index (χ0) is 23.0. The largest absolute Gasteiger partial charge is 0.481 e. The van der Waals surface area contributed by atoms with Crippen LogP contribution in [0.4, 0.5) is 24.5 Å². The molecular weight excluding hydrogens is 433 g/mol. The first-order chi connectivity index (χ1) is 14.6. The molecule has 0 bridgehead atoms. The van der Waals surface area contributed by atoms with Crippen molar-refractivity contribution in [2.75, 3.05) is 10.6 Å². The van der Waals surface area contributed by atoms with Crippen molar-refractivity contribution in [1.82, 2.24) is 0 Å². The molecule has 166 valence electrons. The summed E-state index contributed by atoms with van der Waals surface area (Å²) >= 11 is 1.15. The third kappa shape index (κ3) is 7.63. The lowest BCUT2D eigenvalue weighted by atomic mass is 10.1. The molecule has 31 heavy (non-hydrogen) atoms. The topological polar surface area (TPSA) is 95.5 Å². The zero-order valence-corrected chi connectivity index (χ0v) is 17.3. The van der Waals surface area contributed by atoms with E-state index in [1.165, 1.54) is 18.2 Å². The number of thioether (sulfide) groups is 1. The predicted octanol–water partition coefficient (Wildman–Crippen LogP) is 5.02. The van der Waals surface area contributed by atoms with Crippen molar-refractivity contribution in [2.45, 2.75) is 42.5 Å². The van der Waals surface area contributed by atoms with Gasteiger partial charge in [0, 0.05) is 17.0 Å². The van der Waals surface area contributed by atoms with Crippen LogP contribution in [0.15, 0.2) is 53.4 Å². The molecule has 0 aliphatic heterocycles. The minimum absolute atomic E-state index is 0.175. The summed E-state index contributed by atoms with van der Waals surface area (Å²) < 4.78 is 39.5. The standard InChI is InChI=1S/C21H21F3N2O4S/c1-2-17(20(30)26-16-9-4-3-8-15(16)21(22,23)24)31-14-7-5-6-13(12-14)25-18(27)10-11-19(28)29/h3-9,12,17H,2,10-11H2,1H3,(H,25,27)(H,26,30)(H,28,29). The number of amides is 2. The van der Waals surface area contributed by atoms with Crippen LogP contribution in [0.2, 0.25) is 0 Å². The molecule has 6 nitrogen and oxygen atoms in total. The number of carboxylic acid groups (broad SMARTS) is 1. The first-order valence-electron chi connectivity index (χ1n) is 9.35. The van der Waals surface area contributed by atoms with Crippen molar-refractivity contribution >= 4 is 40.9 Å². The van der Waals surface area contributed by atoms with E-state index < -0.39 is 34.8 Å². The van der Waals surface area contributed by atoms with Crippen molar-refractivity contribution in [2.24, 2.45) is 0 Å². The summed E-state index contributed by atoms with van der Waals surface area (Å²) in [6.45, 7) is 1.74. The Balaban J connectivity index is 2.07. The van der Waals surface area contributed by atoms with Gasteiger partial charge < -0.3 is 15.7 Å². The number of hydrogen-bond donors (Lipinski definition) is 3. The van der Waals surface area contributed by atoms with Gasteiger partial charge in [-0.2, -0.15) is 13.2 Å². The number of carboxylic acids is 1. The molecular formula is C21H21F3N2O4S. The van der Waals surface area contributed by atoms with Gasteiger partial charge in [0.15, 0.2) is 0 Å². The normalized spacial score (nSPS) is 12.1. The number of carbonyl (C=O) groups excluding carboxylic acids is 2. The number of benzene rings is 2. The SMILES string of the molecule is CCC(Sc1cccc(NC(=O)CCC(=O)O)c1)C(=O)Nc1ccccc1C(F)(F)F. The van der Waals surface area contributed by atoms with E-state index in [1.807, 2.05) is 0 Å². The van der Waals surface area contributed by atoms with Gasteiger partial charge in [-0.1, -0.05) is 25.1 Å². The minimum Gasteiger partial charge on any atom is -0.481 e. The summed E-state index contributed by atoms with van der Waals surface area (Å²) in [5, 5.41) is 12.9. The molecule has 2 amide bonds. The number of aliphatic carboxylic acids is 1. The van der Waals surface area contributed by atoms with Crippen molar-refractivity contribution in [3.8, 4) is 0 Å². The Morgan fingerprint density at radius 1 is 1.03 bits per heavy atom. The molecule has 0 spiro atoms. The van der Waals surface area contributed by atoms with Crippen molar-refractivity contribution in [1.29, 1.82) is 0 Å². The smallest absolute Gasteiger partial charge is 0.418 e. The first kappa shape index (κ1) is 24.3. The highest BCUT2D eigenvalue weighted by Crippen LogP contribution is 2.35. The molecule has 0 fully saturated rings. The second kappa shape index (κ2) is 10.9. The molecule has 0 aliphatic carbocycles. The fraction of sp³-hybridized carbons (Fsp3) is 0.286. The first-order valence-corrected chi connectivity index (χ1v) is 10.2. The Morgan fingerprint density at radius 2 is 1.74 bits per heavy atom. The summed E-state index contributed by atoms with van der Waals surface area (Å²) in [4.78, 5) is 35.6. The third-order valence-corrected chi connectivity index (χ3v) is 5.47. The van der Waals surface area contributed by atoms with E-state index in [0.29, 0.717) is 17.0 Å². The second-order valence-electron chi connectivity index (χ2n) is 6.52. The van der Waals surface area contributed by atoms with Crippen LogP contribution >= 0.6 is 11.8 Å². The maximum atomic E-state index is 13.2. The van der Waals surface area contributed by atoms with Gasteiger partial charge in [-0.3, -0.25) is 14.4 Å². The van der Waals surface area contributed by atoms with Gasteiger partial charge in [0.05, 0.1) is 22.9 Å². The van der Waals surface area contributed by atoms with E-state index in [2.05, 4.69) is 10.6 Å². The van der Waals surface area contributed by atoms with E-state index in [9.17, 15) is 27.6 Å². The highest BCUT2D eigenvalue weighted by molar-refractivity contribution is 8.00. The van der Waals surface area contributed by atoms with Gasteiger partial charge in [-0.25, -0.2) is 0 Å². The third-order valence-electron chi connectivity index (χ3n) is 4.12. The van der Waals surface area contributed by atoms with Crippen molar-refractivity contribution in [3.63, 3.8) is 0 Å². The maximum absolute atomic E-state index is 13.2. The number of carbonyl (C=O) groups is 3. The van der Waals surface area contributed by atoms with Crippen LogP contribution < -0.4 is 10.6 Å². The molecule has 0 radical (unpaired) electrons. The molecule has 1 unspecified atom stereocenters. The molecule has 0 aliphatic rings. The van der Waals surface area contributed by atoms with Crippen LogP contribution in [0.25, 0.3) is 0 Å². The highest BCUT2D eigenvalue weighted by atomic mass is 32.2. The molecule has 10 heteroatoms. The molecule has 3 N–H and O–H groups in total. The van der Waals surface area contributed by atoms with Crippen molar-refractivity contribution < 1.29 is 32.7 Å². The van der Waals surface area contributed by atoms with Gasteiger partial charge in [-0.05, 0) is 36.8 Å². The van der Waals surface area contributed by atoms with Gasteiger partial charge >= 0.3 is 12.1 Å². The highest BCUT2D eigenvalue weighted by Gasteiger charge is 2.34. The van der Waals surface area contributed by atoms with Crippen LogP contribution in [0.3, 0.4) is 0 Å². The Bertz CT molecular complexity index is 950.